The van der Waals surface area contributed by atoms with Crippen LogP contribution < -0.4 is 22.7 Å². The second kappa shape index (κ2) is 21.6. The average molecular weight is 477 g/mol. The number of unbranched alkanes of at least 4 members (excludes halogenated alkanes) is 4. The molecule has 3 amide bonds. The van der Waals surface area contributed by atoms with Crippen LogP contribution in [-0.4, -0.2) is 69.9 Å². The predicted molar refractivity (Wildman–Crippen MR) is 119 cm³/mol. The fraction of sp³-hybridized carbons (Fsp3) is 0.810. The van der Waals surface area contributed by atoms with Gasteiger partial charge in [0.15, 0.2) is 0 Å². The second-order valence-electron chi connectivity index (χ2n) is 7.63. The zero-order valence-corrected chi connectivity index (χ0v) is 19.4. The number of hydrogen-bond acceptors (Lipinski definition) is 9. The summed E-state index contributed by atoms with van der Waals surface area (Å²) in [5.74, 6) is 3.27. The van der Waals surface area contributed by atoms with Crippen molar-refractivity contribution in [2.45, 2.75) is 57.8 Å². The van der Waals surface area contributed by atoms with Gasteiger partial charge in [-0.15, -0.1) is 0 Å². The largest absolute Gasteiger partial charge is 0.380 e. The quantitative estimate of drug-likeness (QED) is 0.113. The smallest absolute Gasteiger partial charge is 0.324 e. The first-order valence-corrected chi connectivity index (χ1v) is 11.3. The van der Waals surface area contributed by atoms with Crippen LogP contribution in [0.25, 0.3) is 0 Å². The van der Waals surface area contributed by atoms with Gasteiger partial charge in [0.2, 0.25) is 17.7 Å². The summed E-state index contributed by atoms with van der Waals surface area (Å²) in [7, 11) is 0. The molecule has 0 spiro atoms. The van der Waals surface area contributed by atoms with Crippen molar-refractivity contribution in [2.24, 2.45) is 23.3 Å². The van der Waals surface area contributed by atoms with E-state index < -0.39 is 17.8 Å². The number of ether oxygens (including phenoxy) is 3. The van der Waals surface area contributed by atoms with Gasteiger partial charge in [-0.2, -0.15) is 5.90 Å². The molecule has 192 valence electrons. The maximum atomic E-state index is 11.9. The highest BCUT2D eigenvalue weighted by atomic mass is 16.7. The van der Waals surface area contributed by atoms with Gasteiger partial charge in [-0.25, -0.2) is 0 Å². The molecule has 12 nitrogen and oxygen atoms in total. The summed E-state index contributed by atoms with van der Waals surface area (Å²) in [5, 5.41) is 2.85. The number of nitrogens with two attached hydrogens (primary N) is 3. The Balaban J connectivity index is 3.85. The van der Waals surface area contributed by atoms with Crippen molar-refractivity contribution in [3.05, 3.63) is 0 Å². The molecule has 0 saturated heterocycles. The van der Waals surface area contributed by atoms with Crippen molar-refractivity contribution in [3.8, 4) is 0 Å². The van der Waals surface area contributed by atoms with E-state index in [1.165, 1.54) is 0 Å². The molecule has 0 radical (unpaired) electrons. The second-order valence-corrected chi connectivity index (χ2v) is 7.63. The fourth-order valence-corrected chi connectivity index (χ4v) is 2.70. The molecular formula is C21H40N4O8. The van der Waals surface area contributed by atoms with Crippen molar-refractivity contribution in [1.82, 2.24) is 5.32 Å². The summed E-state index contributed by atoms with van der Waals surface area (Å²) >= 11 is 0. The minimum atomic E-state index is -0.444. The van der Waals surface area contributed by atoms with Crippen LogP contribution >= 0.6 is 0 Å². The lowest BCUT2D eigenvalue weighted by atomic mass is 10.1. The van der Waals surface area contributed by atoms with E-state index in [9.17, 15) is 19.2 Å². The molecule has 0 aliphatic rings. The molecule has 0 aliphatic carbocycles. The zero-order valence-electron chi connectivity index (χ0n) is 19.4. The molecule has 0 saturated carbocycles. The standard InChI is InChI=1S/C21H40N4O8/c22-18(26)7-11-30-14-17(15-31-12-8-19(23)27)16-32-13-9-20(28)25-10-5-3-1-2-4-6-21(29)33-24/h17H,1-16,24H2,(H2,22,26)(H2,23,27)(H,25,28). The summed E-state index contributed by atoms with van der Waals surface area (Å²) in [5.41, 5.74) is 10.2. The molecule has 0 heterocycles. The Morgan fingerprint density at radius 2 is 1.15 bits per heavy atom. The lowest BCUT2D eigenvalue weighted by molar-refractivity contribution is -0.144. The SMILES string of the molecule is NOC(=O)CCCCCCCNC(=O)CCOCC(COCCC(N)=O)COCCC(N)=O. The van der Waals surface area contributed by atoms with E-state index >= 15 is 0 Å². The van der Waals surface area contributed by atoms with Gasteiger partial charge >= 0.3 is 5.97 Å². The fourth-order valence-electron chi connectivity index (χ4n) is 2.70. The van der Waals surface area contributed by atoms with Crippen LogP contribution in [0.1, 0.15) is 57.8 Å². The number of primary amides is 2. The van der Waals surface area contributed by atoms with E-state index in [0.29, 0.717) is 32.8 Å². The Morgan fingerprint density at radius 1 is 0.667 bits per heavy atom. The Labute approximate surface area is 195 Å². The van der Waals surface area contributed by atoms with Crippen LogP contribution in [0.3, 0.4) is 0 Å². The summed E-state index contributed by atoms with van der Waals surface area (Å²) in [6.45, 7) is 2.15. The monoisotopic (exact) mass is 476 g/mol. The van der Waals surface area contributed by atoms with Gasteiger partial charge in [0.1, 0.15) is 0 Å². The van der Waals surface area contributed by atoms with E-state index in [-0.39, 0.29) is 50.9 Å². The molecular weight excluding hydrogens is 436 g/mol. The van der Waals surface area contributed by atoms with Crippen LogP contribution in [0.2, 0.25) is 0 Å². The highest BCUT2D eigenvalue weighted by Crippen LogP contribution is 2.06. The molecule has 33 heavy (non-hydrogen) atoms. The zero-order chi connectivity index (χ0) is 24.7. The van der Waals surface area contributed by atoms with Gasteiger partial charge < -0.3 is 35.8 Å². The minimum Gasteiger partial charge on any atom is -0.380 e. The summed E-state index contributed by atoms with van der Waals surface area (Å²) in [6, 6.07) is 0. The molecule has 0 rings (SSSR count). The van der Waals surface area contributed by atoms with Crippen LogP contribution in [0.5, 0.6) is 0 Å². The van der Waals surface area contributed by atoms with E-state index in [4.69, 9.17) is 31.6 Å². The highest BCUT2D eigenvalue weighted by Gasteiger charge is 2.12. The van der Waals surface area contributed by atoms with Crippen LogP contribution in [0.4, 0.5) is 0 Å². The number of carbonyl (C=O) groups excluding carboxylic acids is 4. The van der Waals surface area contributed by atoms with E-state index in [1.54, 1.807) is 0 Å². The minimum absolute atomic E-state index is 0.0901. The van der Waals surface area contributed by atoms with Crippen LogP contribution in [0, 0.1) is 5.92 Å². The number of rotatable bonds is 23. The first kappa shape index (κ1) is 30.7. The molecule has 0 bridgehead atoms. The van der Waals surface area contributed by atoms with Crippen molar-refractivity contribution in [1.29, 1.82) is 0 Å². The lowest BCUT2D eigenvalue weighted by Gasteiger charge is -2.17. The van der Waals surface area contributed by atoms with Gasteiger partial charge in [0.25, 0.3) is 0 Å². The molecule has 0 aromatic carbocycles. The van der Waals surface area contributed by atoms with Gasteiger partial charge in [-0.3, -0.25) is 19.2 Å². The van der Waals surface area contributed by atoms with Gasteiger partial charge in [0.05, 0.1) is 39.6 Å². The number of carbonyl (C=O) groups is 4. The lowest BCUT2D eigenvalue weighted by Crippen LogP contribution is -2.27. The Morgan fingerprint density at radius 3 is 1.67 bits per heavy atom. The summed E-state index contributed by atoms with van der Waals surface area (Å²) in [4.78, 5) is 48.4. The first-order chi connectivity index (χ1) is 15.8. The number of nitrogens with one attached hydrogen (secondary N) is 1. The normalized spacial score (nSPS) is 10.8. The maximum Gasteiger partial charge on any atom is 0.324 e. The maximum absolute atomic E-state index is 11.9. The summed E-state index contributed by atoms with van der Waals surface area (Å²) < 4.78 is 16.4. The Hall–Kier alpha value is -2.28. The summed E-state index contributed by atoms with van der Waals surface area (Å²) in [6.07, 6.45) is 5.26. The van der Waals surface area contributed by atoms with Crippen LogP contribution in [0.15, 0.2) is 0 Å². The molecule has 0 atom stereocenters. The third kappa shape index (κ3) is 22.7. The molecule has 0 fully saturated rings. The van der Waals surface area contributed by atoms with Gasteiger partial charge in [-0.1, -0.05) is 19.3 Å². The van der Waals surface area contributed by atoms with E-state index in [0.717, 1.165) is 32.1 Å². The third-order valence-electron chi connectivity index (χ3n) is 4.53. The van der Waals surface area contributed by atoms with Crippen molar-refractivity contribution in [3.63, 3.8) is 0 Å². The van der Waals surface area contributed by atoms with Gasteiger partial charge in [0, 0.05) is 38.1 Å². The van der Waals surface area contributed by atoms with Crippen molar-refractivity contribution >= 4 is 23.7 Å². The Kier molecular flexibility index (Phi) is 20.1. The molecule has 0 aromatic rings. The van der Waals surface area contributed by atoms with Crippen LogP contribution in [-0.2, 0) is 38.2 Å². The number of amides is 3. The highest BCUT2D eigenvalue weighted by molar-refractivity contribution is 5.76. The van der Waals surface area contributed by atoms with Gasteiger partial charge in [-0.05, 0) is 12.8 Å². The molecule has 7 N–H and O–H groups in total. The molecule has 12 heteroatoms. The van der Waals surface area contributed by atoms with Crippen molar-refractivity contribution in [2.75, 3.05) is 46.2 Å². The Bertz CT molecular complexity index is 540. The molecule has 0 unspecified atom stereocenters. The predicted octanol–water partition coefficient (Wildman–Crippen LogP) is -0.333. The first-order valence-electron chi connectivity index (χ1n) is 11.3. The number of hydrogen-bond donors (Lipinski definition) is 4. The third-order valence-corrected chi connectivity index (χ3v) is 4.53. The average Bonchev–Trinajstić information content (AvgIpc) is 2.77. The van der Waals surface area contributed by atoms with E-state index in [2.05, 4.69) is 10.2 Å². The van der Waals surface area contributed by atoms with Crippen molar-refractivity contribution < 1.29 is 38.2 Å². The topological polar surface area (TPSA) is 195 Å². The van der Waals surface area contributed by atoms with E-state index in [1.807, 2.05) is 0 Å². The molecule has 0 aliphatic heterocycles. The molecule has 0 aromatic heterocycles.